The van der Waals surface area contributed by atoms with E-state index < -0.39 is 11.5 Å². The molecule has 0 bridgehead atoms. The van der Waals surface area contributed by atoms with E-state index in [9.17, 15) is 9.59 Å². The first kappa shape index (κ1) is 12.5. The van der Waals surface area contributed by atoms with Crippen molar-refractivity contribution in [2.45, 2.75) is 12.0 Å². The lowest BCUT2D eigenvalue weighted by atomic mass is 10.0. The molecule has 1 amide bonds. The average Bonchev–Trinajstić information content (AvgIpc) is 2.85. The minimum Gasteiger partial charge on any atom is -0.480 e. The number of carboxylic acid groups (broad SMARTS) is 1. The molecule has 1 unspecified atom stereocenters. The number of carboxylic acids is 1. The number of rotatable bonds is 2. The van der Waals surface area contributed by atoms with Crippen LogP contribution in [0.1, 0.15) is 16.8 Å². The molecule has 1 aromatic heterocycles. The van der Waals surface area contributed by atoms with Crippen LogP contribution in [0, 0.1) is 0 Å². The third-order valence-electron chi connectivity index (χ3n) is 2.83. The summed E-state index contributed by atoms with van der Waals surface area (Å²) in [5.41, 5.74) is 4.98. The van der Waals surface area contributed by atoms with Crippen LogP contribution < -0.4 is 5.73 Å². The Bertz CT molecular complexity index is 476. The third-order valence-corrected chi connectivity index (χ3v) is 4.33. The van der Waals surface area contributed by atoms with Crippen molar-refractivity contribution >= 4 is 39.1 Å². The van der Waals surface area contributed by atoms with Crippen LogP contribution in [0.3, 0.4) is 0 Å². The fraction of sp³-hybridized carbons (Fsp3) is 0.400. The number of thiophene rings is 1. The highest BCUT2D eigenvalue weighted by Crippen LogP contribution is 2.25. The Labute approximate surface area is 110 Å². The highest BCUT2D eigenvalue weighted by Gasteiger charge is 2.43. The molecule has 7 heteroatoms. The summed E-state index contributed by atoms with van der Waals surface area (Å²) in [5.74, 6) is -1.22. The zero-order valence-electron chi connectivity index (χ0n) is 8.85. The van der Waals surface area contributed by atoms with Gasteiger partial charge >= 0.3 is 5.97 Å². The topological polar surface area (TPSA) is 83.6 Å². The van der Waals surface area contributed by atoms with E-state index in [-0.39, 0.29) is 12.5 Å². The predicted octanol–water partition coefficient (Wildman–Crippen LogP) is 1.14. The van der Waals surface area contributed by atoms with Gasteiger partial charge in [0.25, 0.3) is 5.91 Å². The Morgan fingerprint density at radius 1 is 1.59 bits per heavy atom. The van der Waals surface area contributed by atoms with Gasteiger partial charge in [0.05, 0.1) is 9.35 Å². The molecule has 0 saturated carbocycles. The largest absolute Gasteiger partial charge is 0.480 e. The van der Waals surface area contributed by atoms with Gasteiger partial charge in [-0.1, -0.05) is 0 Å². The molecule has 17 heavy (non-hydrogen) atoms. The number of hydrogen-bond acceptors (Lipinski definition) is 4. The minimum atomic E-state index is -1.30. The molecule has 0 spiro atoms. The van der Waals surface area contributed by atoms with Crippen molar-refractivity contribution in [3.63, 3.8) is 0 Å². The lowest BCUT2D eigenvalue weighted by Gasteiger charge is -2.19. The molecule has 92 valence electrons. The molecule has 2 rings (SSSR count). The van der Waals surface area contributed by atoms with E-state index in [2.05, 4.69) is 15.9 Å². The minimum absolute atomic E-state index is 0.0641. The number of aliphatic carboxylic acids is 1. The SMILES string of the molecule is NC1(C(=O)O)CCN(C(=O)c2csc(Br)c2)C1. The van der Waals surface area contributed by atoms with Gasteiger partial charge in [-0.3, -0.25) is 9.59 Å². The number of amides is 1. The van der Waals surface area contributed by atoms with Crippen LogP contribution >= 0.6 is 27.3 Å². The van der Waals surface area contributed by atoms with Crippen molar-refractivity contribution < 1.29 is 14.7 Å². The van der Waals surface area contributed by atoms with Crippen molar-refractivity contribution in [2.24, 2.45) is 5.73 Å². The molecule has 1 saturated heterocycles. The normalized spacial score (nSPS) is 24.0. The van der Waals surface area contributed by atoms with Gasteiger partial charge in [-0.25, -0.2) is 0 Å². The Morgan fingerprint density at radius 3 is 2.76 bits per heavy atom. The second-order valence-corrected chi connectivity index (χ2v) is 6.37. The first-order valence-corrected chi connectivity index (χ1v) is 6.65. The lowest BCUT2D eigenvalue weighted by molar-refractivity contribution is -0.142. The maximum absolute atomic E-state index is 12.0. The van der Waals surface area contributed by atoms with E-state index in [4.69, 9.17) is 10.8 Å². The van der Waals surface area contributed by atoms with Gasteiger partial charge in [-0.05, 0) is 28.4 Å². The molecule has 0 aliphatic carbocycles. The van der Waals surface area contributed by atoms with Crippen molar-refractivity contribution in [2.75, 3.05) is 13.1 Å². The van der Waals surface area contributed by atoms with Crippen LogP contribution in [0.15, 0.2) is 15.2 Å². The summed E-state index contributed by atoms with van der Waals surface area (Å²) in [7, 11) is 0. The second-order valence-electron chi connectivity index (χ2n) is 4.08. The summed E-state index contributed by atoms with van der Waals surface area (Å²) >= 11 is 4.70. The van der Waals surface area contributed by atoms with E-state index >= 15 is 0 Å². The van der Waals surface area contributed by atoms with Crippen molar-refractivity contribution in [1.82, 2.24) is 4.90 Å². The molecular formula is C10H11BrN2O3S. The number of hydrogen-bond donors (Lipinski definition) is 2. The first-order chi connectivity index (χ1) is 7.92. The highest BCUT2D eigenvalue weighted by atomic mass is 79.9. The number of nitrogens with two attached hydrogens (primary N) is 1. The number of carbonyl (C=O) groups is 2. The van der Waals surface area contributed by atoms with Gasteiger partial charge in [-0.15, -0.1) is 11.3 Å². The van der Waals surface area contributed by atoms with Gasteiger partial charge in [0.15, 0.2) is 0 Å². The van der Waals surface area contributed by atoms with E-state index in [1.54, 1.807) is 11.4 Å². The molecule has 0 radical (unpaired) electrons. The number of nitrogens with zero attached hydrogens (tertiary/aromatic N) is 1. The molecular weight excluding hydrogens is 308 g/mol. The van der Waals surface area contributed by atoms with Gasteiger partial charge in [-0.2, -0.15) is 0 Å². The molecule has 1 aliphatic heterocycles. The molecule has 5 nitrogen and oxygen atoms in total. The van der Waals surface area contributed by atoms with Crippen LogP contribution in [0.2, 0.25) is 0 Å². The summed E-state index contributed by atoms with van der Waals surface area (Å²) < 4.78 is 0.872. The molecule has 1 aromatic rings. The standard InChI is InChI=1S/C10H11BrN2O3S/c11-7-3-6(4-17-7)8(14)13-2-1-10(12,5-13)9(15)16/h3-4H,1-2,5,12H2,(H,15,16). The van der Waals surface area contributed by atoms with Gasteiger partial charge in [0.2, 0.25) is 0 Å². The predicted molar refractivity (Wildman–Crippen MR) is 67.1 cm³/mol. The summed E-state index contributed by atoms with van der Waals surface area (Å²) in [6.45, 7) is 0.448. The lowest BCUT2D eigenvalue weighted by Crippen LogP contribution is -2.50. The summed E-state index contributed by atoms with van der Waals surface area (Å²) in [5, 5.41) is 10.7. The van der Waals surface area contributed by atoms with Crippen LogP contribution in [-0.4, -0.2) is 40.5 Å². The van der Waals surface area contributed by atoms with Crippen LogP contribution in [-0.2, 0) is 4.79 Å². The maximum atomic E-state index is 12.0. The van der Waals surface area contributed by atoms with E-state index in [1.807, 2.05) is 0 Å². The van der Waals surface area contributed by atoms with E-state index in [0.717, 1.165) is 3.79 Å². The number of halogens is 1. The molecule has 1 aliphatic rings. The molecule has 0 aromatic carbocycles. The zero-order valence-corrected chi connectivity index (χ0v) is 11.3. The first-order valence-electron chi connectivity index (χ1n) is 4.98. The number of likely N-dealkylation sites (tertiary alicyclic amines) is 1. The summed E-state index contributed by atoms with van der Waals surface area (Å²) in [4.78, 5) is 24.5. The maximum Gasteiger partial charge on any atom is 0.325 e. The Balaban J connectivity index is 2.11. The molecule has 1 atom stereocenters. The third kappa shape index (κ3) is 2.36. The quantitative estimate of drug-likeness (QED) is 0.856. The smallest absolute Gasteiger partial charge is 0.325 e. The Hall–Kier alpha value is -0.920. The van der Waals surface area contributed by atoms with E-state index in [1.165, 1.54) is 16.2 Å². The zero-order chi connectivity index (χ0) is 12.6. The van der Waals surface area contributed by atoms with Crippen LogP contribution in [0.25, 0.3) is 0 Å². The number of carbonyl (C=O) groups excluding carboxylic acids is 1. The Kier molecular flexibility index (Phi) is 3.24. The highest BCUT2D eigenvalue weighted by molar-refractivity contribution is 9.11. The fourth-order valence-electron chi connectivity index (χ4n) is 1.79. The summed E-state index contributed by atoms with van der Waals surface area (Å²) in [6, 6.07) is 1.73. The monoisotopic (exact) mass is 318 g/mol. The van der Waals surface area contributed by atoms with Crippen molar-refractivity contribution in [1.29, 1.82) is 0 Å². The average molecular weight is 319 g/mol. The molecule has 1 fully saturated rings. The van der Waals surface area contributed by atoms with Gasteiger partial charge in [0.1, 0.15) is 5.54 Å². The van der Waals surface area contributed by atoms with Crippen LogP contribution in [0.4, 0.5) is 0 Å². The van der Waals surface area contributed by atoms with E-state index in [0.29, 0.717) is 18.5 Å². The van der Waals surface area contributed by atoms with Crippen molar-refractivity contribution in [3.05, 3.63) is 20.8 Å². The van der Waals surface area contributed by atoms with Crippen molar-refractivity contribution in [3.8, 4) is 0 Å². The van der Waals surface area contributed by atoms with Gasteiger partial charge in [0, 0.05) is 18.5 Å². The molecule has 2 heterocycles. The second kappa shape index (κ2) is 4.40. The Morgan fingerprint density at radius 2 is 2.29 bits per heavy atom. The molecule has 3 N–H and O–H groups in total. The van der Waals surface area contributed by atoms with Gasteiger partial charge < -0.3 is 15.7 Å². The summed E-state index contributed by atoms with van der Waals surface area (Å²) in [6.07, 6.45) is 0.291. The van der Waals surface area contributed by atoms with Crippen LogP contribution in [0.5, 0.6) is 0 Å². The fourth-order valence-corrected chi connectivity index (χ4v) is 2.92.